The standard InChI is InChI=1S/C25H28ClN7O4/c1-15(29-21-20-18(8-13-36-20)27-14-28-21)22-30-17-7-5-6-16(26)19(17)23(34)33(22)32-11-9-31(10-12-32)24(35)37-25(2,3)4/h5-8,13-15H,9-12H2,1-4H3,(H,27,28,29)/t15-/m0/s1. The Labute approximate surface area is 218 Å². The topological polar surface area (TPSA) is 119 Å². The number of aromatic nitrogens is 4. The molecule has 0 saturated carbocycles. The van der Waals surface area contributed by atoms with Gasteiger partial charge in [-0.15, -0.1) is 0 Å². The molecule has 1 N–H and O–H groups in total. The first-order valence-corrected chi connectivity index (χ1v) is 12.4. The van der Waals surface area contributed by atoms with Crippen molar-refractivity contribution in [2.45, 2.75) is 39.3 Å². The largest absolute Gasteiger partial charge is 0.459 e. The van der Waals surface area contributed by atoms with E-state index >= 15 is 0 Å². The number of nitrogens with zero attached hydrogens (tertiary/aromatic N) is 6. The molecular formula is C25H28ClN7O4. The summed E-state index contributed by atoms with van der Waals surface area (Å²) in [5.41, 5.74) is 0.807. The van der Waals surface area contributed by atoms with Crippen LogP contribution < -0.4 is 15.9 Å². The zero-order chi connectivity index (χ0) is 26.3. The molecule has 4 heterocycles. The number of ether oxygens (including phenoxy) is 1. The minimum atomic E-state index is -0.584. The van der Waals surface area contributed by atoms with E-state index in [1.165, 1.54) is 6.33 Å². The van der Waals surface area contributed by atoms with Gasteiger partial charge in [0.05, 0.1) is 41.3 Å². The Hall–Kier alpha value is -3.86. The van der Waals surface area contributed by atoms with Gasteiger partial charge in [-0.1, -0.05) is 17.7 Å². The summed E-state index contributed by atoms with van der Waals surface area (Å²) >= 11 is 6.43. The van der Waals surface area contributed by atoms with Gasteiger partial charge in [-0.05, 0) is 39.8 Å². The number of hydrogen-bond acceptors (Lipinski definition) is 9. The van der Waals surface area contributed by atoms with Crippen LogP contribution in [0, 0.1) is 0 Å². The number of carbonyl (C=O) groups excluding carboxylic acids is 1. The molecule has 0 aliphatic carbocycles. The highest BCUT2D eigenvalue weighted by molar-refractivity contribution is 6.35. The Balaban J connectivity index is 1.50. The summed E-state index contributed by atoms with van der Waals surface area (Å²) in [5, 5.41) is 5.87. The van der Waals surface area contributed by atoms with Crippen molar-refractivity contribution in [3.05, 3.63) is 58.1 Å². The van der Waals surface area contributed by atoms with Crippen LogP contribution in [0.15, 0.2) is 46.1 Å². The molecule has 3 aromatic heterocycles. The third-order valence-corrected chi connectivity index (χ3v) is 6.34. The summed E-state index contributed by atoms with van der Waals surface area (Å²) in [6, 6.07) is 6.51. The molecule has 1 aliphatic heterocycles. The van der Waals surface area contributed by atoms with Crippen LogP contribution in [0.25, 0.3) is 22.0 Å². The predicted octanol–water partition coefficient (Wildman–Crippen LogP) is 3.95. The maximum absolute atomic E-state index is 13.8. The molecule has 12 heteroatoms. The molecule has 0 spiro atoms. The van der Waals surface area contributed by atoms with E-state index in [0.717, 1.165) is 0 Å². The SMILES string of the molecule is C[C@H](Nc1ncnc2ccoc12)c1nc2cccc(Cl)c2c(=O)n1N1CCN(C(=O)OC(C)(C)C)CC1. The Morgan fingerprint density at radius 1 is 1.14 bits per heavy atom. The van der Waals surface area contributed by atoms with Gasteiger partial charge in [0, 0.05) is 19.2 Å². The number of carbonyl (C=O) groups is 1. The first kappa shape index (κ1) is 24.8. The van der Waals surface area contributed by atoms with Gasteiger partial charge < -0.3 is 24.4 Å². The van der Waals surface area contributed by atoms with Crippen molar-refractivity contribution in [2.75, 3.05) is 36.5 Å². The number of piperazine rings is 1. The maximum atomic E-state index is 13.8. The number of anilines is 1. The van der Waals surface area contributed by atoms with Crippen LogP contribution >= 0.6 is 11.6 Å². The Bertz CT molecular complexity index is 1520. The van der Waals surface area contributed by atoms with Crippen molar-refractivity contribution < 1.29 is 13.9 Å². The molecule has 0 bridgehead atoms. The van der Waals surface area contributed by atoms with Crippen LogP contribution in [-0.2, 0) is 4.74 Å². The van der Waals surface area contributed by atoms with Crippen LogP contribution in [0.2, 0.25) is 5.02 Å². The highest BCUT2D eigenvalue weighted by Crippen LogP contribution is 2.26. The van der Waals surface area contributed by atoms with Crippen molar-refractivity contribution in [2.24, 2.45) is 0 Å². The fraction of sp³-hybridized carbons (Fsp3) is 0.400. The molecule has 0 radical (unpaired) electrons. The molecule has 4 aromatic rings. The van der Waals surface area contributed by atoms with Gasteiger partial charge in [-0.25, -0.2) is 24.4 Å². The number of amides is 1. The molecule has 1 saturated heterocycles. The summed E-state index contributed by atoms with van der Waals surface area (Å²) in [7, 11) is 0. The summed E-state index contributed by atoms with van der Waals surface area (Å²) in [6.45, 7) is 8.99. The van der Waals surface area contributed by atoms with Gasteiger partial charge in [0.1, 0.15) is 17.4 Å². The Morgan fingerprint density at radius 3 is 2.62 bits per heavy atom. The average molecular weight is 526 g/mol. The summed E-state index contributed by atoms with van der Waals surface area (Å²) in [4.78, 5) is 41.4. The van der Waals surface area contributed by atoms with Crippen LogP contribution in [0.5, 0.6) is 0 Å². The van der Waals surface area contributed by atoms with E-state index < -0.39 is 11.6 Å². The van der Waals surface area contributed by atoms with Gasteiger partial charge in [0.25, 0.3) is 5.56 Å². The summed E-state index contributed by atoms with van der Waals surface area (Å²) in [5.74, 6) is 0.966. The molecule has 1 fully saturated rings. The molecule has 1 atom stereocenters. The smallest absolute Gasteiger partial charge is 0.410 e. The number of fused-ring (bicyclic) bond motifs is 2. The number of halogens is 1. The Morgan fingerprint density at radius 2 is 1.89 bits per heavy atom. The summed E-state index contributed by atoms with van der Waals surface area (Å²) < 4.78 is 12.6. The molecule has 1 aromatic carbocycles. The van der Waals surface area contributed by atoms with Crippen molar-refractivity contribution in [3.8, 4) is 0 Å². The van der Waals surface area contributed by atoms with E-state index in [0.29, 0.717) is 64.8 Å². The third-order valence-electron chi connectivity index (χ3n) is 6.02. The minimum absolute atomic E-state index is 0.282. The van der Waals surface area contributed by atoms with Gasteiger partial charge in [-0.2, -0.15) is 0 Å². The van der Waals surface area contributed by atoms with E-state index in [2.05, 4.69) is 15.3 Å². The predicted molar refractivity (Wildman–Crippen MR) is 141 cm³/mol. The first-order chi connectivity index (χ1) is 17.6. The fourth-order valence-corrected chi connectivity index (χ4v) is 4.57. The van der Waals surface area contributed by atoms with Crippen LogP contribution in [-0.4, -0.2) is 62.4 Å². The molecule has 1 aliphatic rings. The lowest BCUT2D eigenvalue weighted by Crippen LogP contribution is -2.57. The normalized spacial score (nSPS) is 15.3. The van der Waals surface area contributed by atoms with Gasteiger partial charge in [-0.3, -0.25) is 4.79 Å². The summed E-state index contributed by atoms with van der Waals surface area (Å²) in [6.07, 6.45) is 2.62. The molecule has 5 rings (SSSR count). The maximum Gasteiger partial charge on any atom is 0.410 e. The number of hydrogen-bond donors (Lipinski definition) is 1. The van der Waals surface area contributed by atoms with Crippen molar-refractivity contribution in [1.82, 2.24) is 24.5 Å². The van der Waals surface area contributed by atoms with E-state index in [9.17, 15) is 9.59 Å². The second-order valence-electron chi connectivity index (χ2n) is 9.87. The second-order valence-corrected chi connectivity index (χ2v) is 10.3. The molecular weight excluding hydrogens is 498 g/mol. The van der Waals surface area contributed by atoms with Gasteiger partial charge in [0.15, 0.2) is 17.2 Å². The third kappa shape index (κ3) is 4.91. The molecule has 194 valence electrons. The molecule has 0 unspecified atom stereocenters. The zero-order valence-corrected chi connectivity index (χ0v) is 21.8. The van der Waals surface area contributed by atoms with Crippen molar-refractivity contribution in [1.29, 1.82) is 0 Å². The van der Waals surface area contributed by atoms with Gasteiger partial charge in [0.2, 0.25) is 0 Å². The van der Waals surface area contributed by atoms with Crippen molar-refractivity contribution in [3.63, 3.8) is 0 Å². The Kier molecular flexibility index (Phi) is 6.40. The molecule has 1 amide bonds. The average Bonchev–Trinajstić information content (AvgIpc) is 3.33. The van der Waals surface area contributed by atoms with E-state index in [1.807, 2.05) is 32.7 Å². The fourth-order valence-electron chi connectivity index (χ4n) is 4.32. The van der Waals surface area contributed by atoms with Crippen LogP contribution in [0.3, 0.4) is 0 Å². The molecule has 37 heavy (non-hydrogen) atoms. The molecule has 11 nitrogen and oxygen atoms in total. The van der Waals surface area contributed by atoms with Crippen molar-refractivity contribution >= 4 is 45.5 Å². The number of rotatable bonds is 4. The lowest BCUT2D eigenvalue weighted by molar-refractivity contribution is 0.0231. The lowest BCUT2D eigenvalue weighted by atomic mass is 10.2. The lowest BCUT2D eigenvalue weighted by Gasteiger charge is -2.38. The zero-order valence-electron chi connectivity index (χ0n) is 21.1. The van der Waals surface area contributed by atoms with E-state index in [1.54, 1.807) is 40.1 Å². The van der Waals surface area contributed by atoms with E-state index in [-0.39, 0.29) is 11.7 Å². The number of benzene rings is 1. The number of nitrogens with one attached hydrogen (secondary N) is 1. The monoisotopic (exact) mass is 525 g/mol. The minimum Gasteiger partial charge on any atom is -0.459 e. The first-order valence-electron chi connectivity index (χ1n) is 12.0. The highest BCUT2D eigenvalue weighted by Gasteiger charge is 2.29. The van der Waals surface area contributed by atoms with Gasteiger partial charge >= 0.3 is 6.09 Å². The quantitative estimate of drug-likeness (QED) is 0.422. The number of furan rings is 1. The highest BCUT2D eigenvalue weighted by atomic mass is 35.5. The second kappa shape index (κ2) is 9.55. The van der Waals surface area contributed by atoms with Crippen LogP contribution in [0.1, 0.15) is 39.6 Å². The van der Waals surface area contributed by atoms with Crippen LogP contribution in [0.4, 0.5) is 10.6 Å². The van der Waals surface area contributed by atoms with E-state index in [4.69, 9.17) is 25.7 Å².